The van der Waals surface area contributed by atoms with Crippen molar-refractivity contribution < 1.29 is 28.7 Å². The number of ketones is 2. The SMILES string of the molecule is CC(=O)OCC(OC(C)=O)C(=O)C(=O)CC(C)C. The first kappa shape index (κ1) is 16.3. The molecule has 6 heteroatoms. The van der Waals surface area contributed by atoms with Crippen molar-refractivity contribution in [2.75, 3.05) is 6.61 Å². The molecule has 1 unspecified atom stereocenters. The molecule has 1 atom stereocenters. The van der Waals surface area contributed by atoms with Gasteiger partial charge >= 0.3 is 11.9 Å². The molecule has 0 spiro atoms. The lowest BCUT2D eigenvalue weighted by atomic mass is 10.0. The van der Waals surface area contributed by atoms with E-state index in [0.29, 0.717) is 0 Å². The number of esters is 2. The lowest BCUT2D eigenvalue weighted by molar-refractivity contribution is -0.163. The highest BCUT2D eigenvalue weighted by molar-refractivity contribution is 6.39. The van der Waals surface area contributed by atoms with Crippen LogP contribution < -0.4 is 0 Å². The zero-order valence-electron chi connectivity index (χ0n) is 11.0. The van der Waals surface area contributed by atoms with E-state index >= 15 is 0 Å². The maximum absolute atomic E-state index is 11.7. The van der Waals surface area contributed by atoms with Crippen LogP contribution in [0.4, 0.5) is 0 Å². The number of hydrogen-bond donors (Lipinski definition) is 0. The van der Waals surface area contributed by atoms with Crippen LogP contribution in [0.2, 0.25) is 0 Å². The highest BCUT2D eigenvalue weighted by atomic mass is 16.6. The average Bonchev–Trinajstić information content (AvgIpc) is 2.21. The molecule has 0 aliphatic heterocycles. The number of hydrogen-bond acceptors (Lipinski definition) is 6. The Morgan fingerprint density at radius 1 is 1.00 bits per heavy atom. The van der Waals surface area contributed by atoms with Crippen molar-refractivity contribution in [3.63, 3.8) is 0 Å². The first-order valence-corrected chi connectivity index (χ1v) is 5.61. The number of carbonyl (C=O) groups is 4. The number of Topliss-reactive ketones (excluding diaryl/α,β-unsaturated/α-hetero) is 2. The van der Waals surface area contributed by atoms with Crippen LogP contribution in [-0.4, -0.2) is 36.2 Å². The summed E-state index contributed by atoms with van der Waals surface area (Å²) >= 11 is 0. The predicted octanol–water partition coefficient (Wildman–Crippen LogP) is 0.665. The Kier molecular flexibility index (Phi) is 6.85. The predicted molar refractivity (Wildman–Crippen MR) is 61.7 cm³/mol. The zero-order chi connectivity index (χ0) is 14.3. The molecule has 0 aromatic heterocycles. The molecule has 0 fully saturated rings. The monoisotopic (exact) mass is 258 g/mol. The van der Waals surface area contributed by atoms with Gasteiger partial charge in [0.25, 0.3) is 0 Å². The van der Waals surface area contributed by atoms with E-state index in [1.807, 2.05) is 0 Å². The van der Waals surface area contributed by atoms with Crippen LogP contribution in [-0.2, 0) is 28.7 Å². The van der Waals surface area contributed by atoms with Crippen molar-refractivity contribution in [2.24, 2.45) is 5.92 Å². The minimum Gasteiger partial charge on any atom is -0.461 e. The first-order valence-electron chi connectivity index (χ1n) is 5.61. The normalized spacial score (nSPS) is 11.8. The van der Waals surface area contributed by atoms with Gasteiger partial charge in [-0.2, -0.15) is 0 Å². The molecular weight excluding hydrogens is 240 g/mol. The molecule has 0 saturated carbocycles. The Hall–Kier alpha value is -1.72. The largest absolute Gasteiger partial charge is 0.461 e. The van der Waals surface area contributed by atoms with Gasteiger partial charge in [-0.15, -0.1) is 0 Å². The molecule has 0 amide bonds. The second-order valence-corrected chi connectivity index (χ2v) is 4.29. The average molecular weight is 258 g/mol. The second kappa shape index (κ2) is 7.58. The van der Waals surface area contributed by atoms with Crippen LogP contribution in [0.25, 0.3) is 0 Å². The van der Waals surface area contributed by atoms with Gasteiger partial charge in [-0.25, -0.2) is 0 Å². The minimum atomic E-state index is -1.35. The molecule has 0 radical (unpaired) electrons. The van der Waals surface area contributed by atoms with E-state index in [2.05, 4.69) is 9.47 Å². The topological polar surface area (TPSA) is 86.7 Å². The van der Waals surface area contributed by atoms with E-state index in [1.54, 1.807) is 13.8 Å². The van der Waals surface area contributed by atoms with Crippen LogP contribution in [0.1, 0.15) is 34.1 Å². The van der Waals surface area contributed by atoms with Gasteiger partial charge in [0.1, 0.15) is 6.61 Å². The Morgan fingerprint density at radius 2 is 1.56 bits per heavy atom. The van der Waals surface area contributed by atoms with Crippen molar-refractivity contribution in [1.82, 2.24) is 0 Å². The summed E-state index contributed by atoms with van der Waals surface area (Å²) in [6.07, 6.45) is -1.28. The summed E-state index contributed by atoms with van der Waals surface area (Å²) in [6.45, 7) is 5.42. The summed E-state index contributed by atoms with van der Waals surface area (Å²) in [5, 5.41) is 0. The van der Waals surface area contributed by atoms with Gasteiger partial charge in [-0.05, 0) is 5.92 Å². The molecule has 0 N–H and O–H groups in total. The molecule has 6 nitrogen and oxygen atoms in total. The molecule has 0 saturated heterocycles. The summed E-state index contributed by atoms with van der Waals surface area (Å²) in [5.41, 5.74) is 0. The molecule has 0 aromatic rings. The van der Waals surface area contributed by atoms with Crippen molar-refractivity contribution in [3.05, 3.63) is 0 Å². The molecule has 0 aliphatic rings. The fourth-order valence-electron chi connectivity index (χ4n) is 1.21. The fourth-order valence-corrected chi connectivity index (χ4v) is 1.21. The quantitative estimate of drug-likeness (QED) is 0.492. The van der Waals surface area contributed by atoms with E-state index in [0.717, 1.165) is 13.8 Å². The molecule has 0 rings (SSSR count). The van der Waals surface area contributed by atoms with Crippen LogP contribution >= 0.6 is 0 Å². The van der Waals surface area contributed by atoms with Crippen molar-refractivity contribution in [1.29, 1.82) is 0 Å². The summed E-state index contributed by atoms with van der Waals surface area (Å²) in [5.74, 6) is -2.79. The maximum Gasteiger partial charge on any atom is 0.303 e. The summed E-state index contributed by atoms with van der Waals surface area (Å²) in [7, 11) is 0. The van der Waals surface area contributed by atoms with Gasteiger partial charge in [0.15, 0.2) is 0 Å². The Balaban J connectivity index is 4.62. The molecule has 0 heterocycles. The molecule has 0 aliphatic carbocycles. The van der Waals surface area contributed by atoms with E-state index < -0.39 is 36.2 Å². The van der Waals surface area contributed by atoms with Gasteiger partial charge in [0, 0.05) is 20.3 Å². The van der Waals surface area contributed by atoms with Gasteiger partial charge in [-0.1, -0.05) is 13.8 Å². The molecule has 0 bridgehead atoms. The minimum absolute atomic E-state index is 0.0214. The lowest BCUT2D eigenvalue weighted by Crippen LogP contribution is -2.37. The highest BCUT2D eigenvalue weighted by Gasteiger charge is 2.29. The van der Waals surface area contributed by atoms with Gasteiger partial charge < -0.3 is 9.47 Å². The number of ether oxygens (including phenoxy) is 2. The van der Waals surface area contributed by atoms with Crippen LogP contribution in [0.5, 0.6) is 0 Å². The maximum atomic E-state index is 11.7. The molecular formula is C12H18O6. The van der Waals surface area contributed by atoms with E-state index in [9.17, 15) is 19.2 Å². The third-order valence-corrected chi connectivity index (χ3v) is 1.91. The first-order chi connectivity index (χ1) is 8.23. The van der Waals surface area contributed by atoms with Crippen molar-refractivity contribution in [2.45, 2.75) is 40.2 Å². The van der Waals surface area contributed by atoms with E-state index in [-0.39, 0.29) is 12.3 Å². The standard InChI is InChI=1S/C12H18O6/c1-7(2)5-10(15)12(16)11(18-9(4)14)6-17-8(3)13/h7,11H,5-6H2,1-4H3. The highest BCUT2D eigenvalue weighted by Crippen LogP contribution is 2.05. The van der Waals surface area contributed by atoms with E-state index in [1.165, 1.54) is 0 Å². The van der Waals surface area contributed by atoms with Gasteiger partial charge in [0.05, 0.1) is 0 Å². The fraction of sp³-hybridized carbons (Fsp3) is 0.667. The third-order valence-electron chi connectivity index (χ3n) is 1.91. The number of rotatable bonds is 7. The Morgan fingerprint density at radius 3 is 1.94 bits per heavy atom. The molecule has 0 aromatic carbocycles. The van der Waals surface area contributed by atoms with Gasteiger partial charge in [0.2, 0.25) is 17.7 Å². The third kappa shape index (κ3) is 6.78. The van der Waals surface area contributed by atoms with Gasteiger partial charge in [-0.3, -0.25) is 19.2 Å². The van der Waals surface area contributed by atoms with Crippen LogP contribution in [0.3, 0.4) is 0 Å². The van der Waals surface area contributed by atoms with Crippen molar-refractivity contribution >= 4 is 23.5 Å². The van der Waals surface area contributed by atoms with Crippen LogP contribution in [0.15, 0.2) is 0 Å². The van der Waals surface area contributed by atoms with Crippen LogP contribution in [0, 0.1) is 5.92 Å². The summed E-state index contributed by atoms with van der Waals surface area (Å²) in [6, 6.07) is 0. The second-order valence-electron chi connectivity index (χ2n) is 4.29. The Bertz CT molecular complexity index is 344. The smallest absolute Gasteiger partial charge is 0.303 e. The molecule has 18 heavy (non-hydrogen) atoms. The Labute approximate surface area is 106 Å². The van der Waals surface area contributed by atoms with Crippen molar-refractivity contribution in [3.8, 4) is 0 Å². The van der Waals surface area contributed by atoms with E-state index in [4.69, 9.17) is 0 Å². The summed E-state index contributed by atoms with van der Waals surface area (Å²) in [4.78, 5) is 44.7. The molecule has 102 valence electrons. The summed E-state index contributed by atoms with van der Waals surface area (Å²) < 4.78 is 9.27. The zero-order valence-corrected chi connectivity index (χ0v) is 11.0. The number of carbonyl (C=O) groups excluding carboxylic acids is 4. The lowest BCUT2D eigenvalue weighted by Gasteiger charge is -2.15.